The summed E-state index contributed by atoms with van der Waals surface area (Å²) in [6, 6.07) is -0.0910. The maximum absolute atomic E-state index is 11.7. The van der Waals surface area contributed by atoms with Gasteiger partial charge in [0.05, 0.1) is 6.04 Å². The molecule has 1 aliphatic heterocycles. The molecule has 6 nitrogen and oxygen atoms in total. The monoisotopic (exact) mass is 256 g/mol. The van der Waals surface area contributed by atoms with Gasteiger partial charge in [0, 0.05) is 19.1 Å². The van der Waals surface area contributed by atoms with E-state index in [0.29, 0.717) is 12.1 Å². The van der Waals surface area contributed by atoms with Gasteiger partial charge in [-0.1, -0.05) is 6.42 Å². The van der Waals surface area contributed by atoms with E-state index < -0.39 is 12.1 Å². The van der Waals surface area contributed by atoms with Crippen LogP contribution in [-0.2, 0) is 4.79 Å². The number of imide groups is 1. The van der Waals surface area contributed by atoms with E-state index in [1.54, 1.807) is 6.92 Å². The number of hydrogen-bond donors (Lipinski definition) is 3. The van der Waals surface area contributed by atoms with Crippen molar-refractivity contribution in [3.05, 3.63) is 0 Å². The van der Waals surface area contributed by atoms with Crippen molar-refractivity contribution in [1.29, 1.82) is 0 Å². The molecule has 1 aliphatic rings. The average Bonchev–Trinajstić information content (AvgIpc) is 2.33. The minimum atomic E-state index is -0.478. The van der Waals surface area contributed by atoms with Gasteiger partial charge in [0.1, 0.15) is 0 Å². The summed E-state index contributed by atoms with van der Waals surface area (Å²) in [6.45, 7) is 6.05. The summed E-state index contributed by atoms with van der Waals surface area (Å²) in [5.74, 6) is -0.320. The number of amides is 3. The van der Waals surface area contributed by atoms with E-state index in [1.165, 1.54) is 13.5 Å². The molecule has 1 heterocycles. The summed E-state index contributed by atoms with van der Waals surface area (Å²) in [5.41, 5.74) is 3.19. The summed E-state index contributed by atoms with van der Waals surface area (Å²) >= 11 is 0. The fourth-order valence-electron chi connectivity index (χ4n) is 2.24. The smallest absolute Gasteiger partial charge is 0.321 e. The third-order valence-electron chi connectivity index (χ3n) is 3.39. The second-order valence-corrected chi connectivity index (χ2v) is 4.96. The molecular weight excluding hydrogens is 232 g/mol. The fourth-order valence-corrected chi connectivity index (χ4v) is 2.24. The van der Waals surface area contributed by atoms with Crippen LogP contribution < -0.4 is 16.1 Å². The number of urea groups is 1. The number of nitrogens with zero attached hydrogens (tertiary/aromatic N) is 1. The normalized spacial score (nSPS) is 26.4. The van der Waals surface area contributed by atoms with Gasteiger partial charge in [-0.25, -0.2) is 15.2 Å². The van der Waals surface area contributed by atoms with E-state index in [-0.39, 0.29) is 5.91 Å². The van der Waals surface area contributed by atoms with Crippen LogP contribution in [0, 0.1) is 0 Å². The van der Waals surface area contributed by atoms with Gasteiger partial charge >= 0.3 is 6.03 Å². The van der Waals surface area contributed by atoms with Crippen molar-refractivity contribution in [3.63, 3.8) is 0 Å². The number of hydrogen-bond acceptors (Lipinski definition) is 4. The largest absolute Gasteiger partial charge is 0.341 e. The third-order valence-corrected chi connectivity index (χ3v) is 3.39. The molecule has 0 aliphatic carbocycles. The molecule has 104 valence electrons. The minimum absolute atomic E-state index is 0.320. The van der Waals surface area contributed by atoms with Crippen molar-refractivity contribution in [2.45, 2.75) is 58.2 Å². The third kappa shape index (κ3) is 3.96. The molecule has 1 fully saturated rings. The maximum atomic E-state index is 11.7. The van der Waals surface area contributed by atoms with Gasteiger partial charge < -0.3 is 5.32 Å². The average molecular weight is 256 g/mol. The molecule has 1 saturated heterocycles. The van der Waals surface area contributed by atoms with Gasteiger partial charge in [0.25, 0.3) is 0 Å². The molecule has 1 rings (SSSR count). The Bertz CT molecular complexity index is 298. The van der Waals surface area contributed by atoms with E-state index in [0.717, 1.165) is 12.8 Å². The van der Waals surface area contributed by atoms with Crippen LogP contribution >= 0.6 is 0 Å². The molecule has 18 heavy (non-hydrogen) atoms. The highest BCUT2D eigenvalue weighted by molar-refractivity contribution is 5.96. The van der Waals surface area contributed by atoms with E-state index in [4.69, 9.17) is 0 Å². The van der Waals surface area contributed by atoms with Gasteiger partial charge in [-0.05, 0) is 33.6 Å². The lowest BCUT2D eigenvalue weighted by Crippen LogP contribution is -2.58. The summed E-state index contributed by atoms with van der Waals surface area (Å²) < 4.78 is 0. The van der Waals surface area contributed by atoms with E-state index in [9.17, 15) is 9.59 Å². The number of hydrazine groups is 1. The fraction of sp³-hybridized carbons (Fsp3) is 0.833. The number of piperidine rings is 1. The Morgan fingerprint density at radius 2 is 1.78 bits per heavy atom. The van der Waals surface area contributed by atoms with E-state index in [1.807, 2.05) is 0 Å². The lowest BCUT2D eigenvalue weighted by atomic mass is 10.00. The number of rotatable bonds is 3. The van der Waals surface area contributed by atoms with Crippen molar-refractivity contribution >= 4 is 11.9 Å². The zero-order chi connectivity index (χ0) is 13.7. The molecule has 0 radical (unpaired) electrons. The molecule has 3 unspecified atom stereocenters. The summed E-state index contributed by atoms with van der Waals surface area (Å²) in [7, 11) is 1.48. The van der Waals surface area contributed by atoms with Crippen LogP contribution in [0.3, 0.4) is 0 Å². The zero-order valence-corrected chi connectivity index (χ0v) is 11.6. The SMILES string of the molecule is CNC(=O)NC(=O)C(C)NN1C(C)CCCC1C. The minimum Gasteiger partial charge on any atom is -0.341 e. The van der Waals surface area contributed by atoms with Crippen LogP contribution in [0.5, 0.6) is 0 Å². The Hall–Kier alpha value is -1.14. The van der Waals surface area contributed by atoms with Crippen molar-refractivity contribution in [2.75, 3.05) is 7.05 Å². The number of carbonyl (C=O) groups excluding carboxylic acids is 2. The lowest BCUT2D eigenvalue weighted by molar-refractivity contribution is -0.124. The second-order valence-electron chi connectivity index (χ2n) is 4.96. The van der Waals surface area contributed by atoms with E-state index in [2.05, 4.69) is 34.9 Å². The summed E-state index contributed by atoms with van der Waals surface area (Å²) in [4.78, 5) is 22.8. The molecule has 6 heteroatoms. The first-order valence-electron chi connectivity index (χ1n) is 6.52. The van der Waals surface area contributed by atoms with Crippen molar-refractivity contribution in [2.24, 2.45) is 0 Å². The van der Waals surface area contributed by atoms with Crippen LogP contribution in [0.15, 0.2) is 0 Å². The molecule has 0 spiro atoms. The van der Waals surface area contributed by atoms with Crippen molar-refractivity contribution < 1.29 is 9.59 Å². The van der Waals surface area contributed by atoms with Crippen LogP contribution in [0.1, 0.15) is 40.0 Å². The van der Waals surface area contributed by atoms with Crippen molar-refractivity contribution in [1.82, 2.24) is 21.1 Å². The van der Waals surface area contributed by atoms with Crippen molar-refractivity contribution in [3.8, 4) is 0 Å². The Kier molecular flexibility index (Phi) is 5.55. The molecule has 0 aromatic carbocycles. The van der Waals surface area contributed by atoms with Crippen LogP contribution in [0.4, 0.5) is 4.79 Å². The second kappa shape index (κ2) is 6.70. The highest BCUT2D eigenvalue weighted by atomic mass is 16.2. The molecule has 0 aromatic rings. The number of nitrogens with one attached hydrogen (secondary N) is 3. The topological polar surface area (TPSA) is 73.5 Å². The molecule has 3 N–H and O–H groups in total. The molecule has 0 aromatic heterocycles. The Labute approximate surface area is 108 Å². The zero-order valence-electron chi connectivity index (χ0n) is 11.6. The van der Waals surface area contributed by atoms with Crippen LogP contribution in [0.2, 0.25) is 0 Å². The van der Waals surface area contributed by atoms with E-state index >= 15 is 0 Å². The Morgan fingerprint density at radius 1 is 1.22 bits per heavy atom. The van der Waals surface area contributed by atoms with Gasteiger partial charge in [-0.15, -0.1) is 0 Å². The Balaban J connectivity index is 2.49. The summed E-state index contributed by atoms with van der Waals surface area (Å²) in [5, 5.41) is 6.75. The molecular formula is C12H24N4O2. The molecule has 3 amide bonds. The predicted molar refractivity (Wildman–Crippen MR) is 69.8 cm³/mol. The standard InChI is InChI=1S/C12H24N4O2/c1-8-6-5-7-9(2)16(8)15-10(3)11(17)14-12(18)13-4/h8-10,15H,5-7H2,1-4H3,(H2,13,14,17,18). The van der Waals surface area contributed by atoms with Gasteiger partial charge in [-0.3, -0.25) is 10.1 Å². The van der Waals surface area contributed by atoms with Crippen LogP contribution in [-0.4, -0.2) is 42.1 Å². The molecule has 0 saturated carbocycles. The lowest BCUT2D eigenvalue weighted by Gasteiger charge is -2.40. The first-order valence-corrected chi connectivity index (χ1v) is 6.52. The Morgan fingerprint density at radius 3 is 2.28 bits per heavy atom. The van der Waals surface area contributed by atoms with Gasteiger partial charge in [-0.2, -0.15) is 0 Å². The highest BCUT2D eigenvalue weighted by Gasteiger charge is 2.27. The first-order chi connectivity index (χ1) is 8.45. The van der Waals surface area contributed by atoms with Gasteiger partial charge in [0.15, 0.2) is 0 Å². The van der Waals surface area contributed by atoms with Gasteiger partial charge in [0.2, 0.25) is 5.91 Å². The highest BCUT2D eigenvalue weighted by Crippen LogP contribution is 2.20. The first kappa shape index (κ1) is 14.9. The number of carbonyl (C=O) groups is 2. The quantitative estimate of drug-likeness (QED) is 0.691. The predicted octanol–water partition coefficient (Wildman–Crippen LogP) is 0.598. The summed E-state index contributed by atoms with van der Waals surface area (Å²) in [6.07, 6.45) is 3.47. The van der Waals surface area contributed by atoms with Crippen LogP contribution in [0.25, 0.3) is 0 Å². The molecule has 3 atom stereocenters. The maximum Gasteiger partial charge on any atom is 0.321 e. The molecule has 0 bridgehead atoms.